The Bertz CT molecular complexity index is 1210. The molecule has 9 nitrogen and oxygen atoms in total. The number of amides is 1. The fourth-order valence-electron chi connectivity index (χ4n) is 2.89. The normalized spacial score (nSPS) is 10.8. The van der Waals surface area contributed by atoms with Crippen LogP contribution in [0.1, 0.15) is 10.5 Å². The topological polar surface area (TPSA) is 138 Å². The van der Waals surface area contributed by atoms with E-state index in [1.807, 2.05) is 6.07 Å². The molecule has 0 fully saturated rings. The second kappa shape index (κ2) is 7.39. The van der Waals surface area contributed by atoms with E-state index in [4.69, 9.17) is 9.63 Å². The Balaban J connectivity index is 1.97. The summed E-state index contributed by atoms with van der Waals surface area (Å²) in [5, 5.41) is 26.1. The van der Waals surface area contributed by atoms with Gasteiger partial charge in [-0.15, -0.1) is 0 Å². The standard InChI is InChI=1S/C20H14N4O5/c25-13(26)10-22-20(28)17-18(27)14-15(11-5-2-1-3-6-11)24-29-19(14)16(23-17)12-7-4-8-21-9-12/h1-9,27H,10H2,(H,22,28)(H,25,26). The molecule has 3 N–H and O–H groups in total. The molecular formula is C20H14N4O5. The molecule has 1 aromatic carbocycles. The first kappa shape index (κ1) is 18.1. The Morgan fingerprint density at radius 3 is 2.48 bits per heavy atom. The van der Waals surface area contributed by atoms with E-state index < -0.39 is 24.2 Å². The average molecular weight is 390 g/mol. The molecule has 0 aliphatic carbocycles. The van der Waals surface area contributed by atoms with E-state index >= 15 is 0 Å². The largest absolute Gasteiger partial charge is 0.505 e. The Morgan fingerprint density at radius 1 is 1.03 bits per heavy atom. The molecule has 0 saturated carbocycles. The molecule has 3 heterocycles. The molecule has 0 atom stereocenters. The lowest BCUT2D eigenvalue weighted by molar-refractivity contribution is -0.135. The number of benzene rings is 1. The van der Waals surface area contributed by atoms with Gasteiger partial charge in [-0.05, 0) is 12.1 Å². The van der Waals surface area contributed by atoms with Gasteiger partial charge >= 0.3 is 5.97 Å². The molecule has 4 rings (SSSR count). The highest BCUT2D eigenvalue weighted by atomic mass is 16.5. The second-order valence-corrected chi connectivity index (χ2v) is 6.08. The number of fused-ring (bicyclic) bond motifs is 1. The van der Waals surface area contributed by atoms with Crippen molar-refractivity contribution in [1.82, 2.24) is 20.4 Å². The minimum Gasteiger partial charge on any atom is -0.505 e. The van der Waals surface area contributed by atoms with Crippen molar-refractivity contribution in [2.45, 2.75) is 0 Å². The molecule has 0 bridgehead atoms. The van der Waals surface area contributed by atoms with Crippen molar-refractivity contribution < 1.29 is 24.3 Å². The second-order valence-electron chi connectivity index (χ2n) is 6.08. The summed E-state index contributed by atoms with van der Waals surface area (Å²) in [5.41, 5.74) is 1.64. The minimum atomic E-state index is -1.22. The third-order valence-electron chi connectivity index (χ3n) is 4.19. The van der Waals surface area contributed by atoms with Crippen molar-refractivity contribution in [1.29, 1.82) is 0 Å². The highest BCUT2D eigenvalue weighted by Gasteiger charge is 2.26. The summed E-state index contributed by atoms with van der Waals surface area (Å²) >= 11 is 0. The molecule has 0 spiro atoms. The van der Waals surface area contributed by atoms with E-state index in [9.17, 15) is 14.7 Å². The van der Waals surface area contributed by atoms with Crippen LogP contribution >= 0.6 is 0 Å². The quantitative estimate of drug-likeness (QED) is 0.472. The lowest BCUT2D eigenvalue weighted by Crippen LogP contribution is -2.30. The number of carboxylic acid groups (broad SMARTS) is 1. The van der Waals surface area contributed by atoms with E-state index in [2.05, 4.69) is 20.4 Å². The number of carbonyl (C=O) groups excluding carboxylic acids is 1. The number of pyridine rings is 2. The molecule has 0 aliphatic rings. The van der Waals surface area contributed by atoms with E-state index in [-0.39, 0.29) is 22.4 Å². The van der Waals surface area contributed by atoms with Gasteiger partial charge in [0.15, 0.2) is 17.0 Å². The van der Waals surface area contributed by atoms with Gasteiger partial charge in [0.2, 0.25) is 0 Å². The molecule has 29 heavy (non-hydrogen) atoms. The smallest absolute Gasteiger partial charge is 0.322 e. The van der Waals surface area contributed by atoms with Gasteiger partial charge in [-0.2, -0.15) is 0 Å². The van der Waals surface area contributed by atoms with Gasteiger partial charge in [-0.3, -0.25) is 14.6 Å². The maximum atomic E-state index is 12.5. The molecule has 1 amide bonds. The summed E-state index contributed by atoms with van der Waals surface area (Å²) in [5.74, 6) is -2.51. The van der Waals surface area contributed by atoms with Crippen LogP contribution in [-0.2, 0) is 4.79 Å². The highest BCUT2D eigenvalue weighted by Crippen LogP contribution is 2.40. The predicted molar refractivity (Wildman–Crippen MR) is 102 cm³/mol. The van der Waals surface area contributed by atoms with Crippen molar-refractivity contribution in [2.75, 3.05) is 6.54 Å². The molecule has 0 aliphatic heterocycles. The molecule has 4 aromatic rings. The number of aliphatic carboxylic acids is 1. The average Bonchev–Trinajstić information content (AvgIpc) is 3.19. The van der Waals surface area contributed by atoms with Gasteiger partial charge < -0.3 is 20.1 Å². The van der Waals surface area contributed by atoms with E-state index in [0.29, 0.717) is 16.8 Å². The third kappa shape index (κ3) is 3.36. The van der Waals surface area contributed by atoms with Crippen LogP contribution in [0.5, 0.6) is 5.75 Å². The van der Waals surface area contributed by atoms with E-state index in [1.54, 1.807) is 42.6 Å². The van der Waals surface area contributed by atoms with Crippen LogP contribution in [0, 0.1) is 0 Å². The first-order valence-electron chi connectivity index (χ1n) is 8.54. The van der Waals surface area contributed by atoms with Gasteiger partial charge in [0.1, 0.15) is 17.9 Å². The molecule has 9 heteroatoms. The summed E-state index contributed by atoms with van der Waals surface area (Å²) in [6, 6.07) is 12.4. The van der Waals surface area contributed by atoms with E-state index in [0.717, 1.165) is 0 Å². The number of aromatic nitrogens is 3. The maximum Gasteiger partial charge on any atom is 0.322 e. The van der Waals surface area contributed by atoms with Crippen molar-refractivity contribution in [3.8, 4) is 28.3 Å². The van der Waals surface area contributed by atoms with Crippen molar-refractivity contribution in [3.05, 3.63) is 60.6 Å². The number of hydrogen-bond donors (Lipinski definition) is 3. The summed E-state index contributed by atoms with van der Waals surface area (Å²) in [6.45, 7) is -0.616. The maximum absolute atomic E-state index is 12.5. The van der Waals surface area contributed by atoms with Crippen LogP contribution in [0.2, 0.25) is 0 Å². The monoisotopic (exact) mass is 390 g/mol. The van der Waals surface area contributed by atoms with E-state index in [1.165, 1.54) is 6.20 Å². The van der Waals surface area contributed by atoms with Crippen LogP contribution < -0.4 is 5.32 Å². The lowest BCUT2D eigenvalue weighted by atomic mass is 10.0. The predicted octanol–water partition coefficient (Wildman–Crippen LogP) is 2.47. The zero-order chi connectivity index (χ0) is 20.4. The number of rotatable bonds is 5. The molecular weight excluding hydrogens is 376 g/mol. The number of carboxylic acids is 1. The number of carbonyl (C=O) groups is 2. The van der Waals surface area contributed by atoms with Crippen LogP contribution in [0.15, 0.2) is 59.4 Å². The van der Waals surface area contributed by atoms with Crippen LogP contribution in [0.25, 0.3) is 33.5 Å². The van der Waals surface area contributed by atoms with Crippen LogP contribution in [0.4, 0.5) is 0 Å². The van der Waals surface area contributed by atoms with Crippen LogP contribution in [0.3, 0.4) is 0 Å². The Kier molecular flexibility index (Phi) is 4.62. The third-order valence-corrected chi connectivity index (χ3v) is 4.19. The summed E-state index contributed by atoms with van der Waals surface area (Å²) in [4.78, 5) is 31.6. The fraction of sp³-hybridized carbons (Fsp3) is 0.0500. The summed E-state index contributed by atoms with van der Waals surface area (Å²) in [7, 11) is 0. The lowest BCUT2D eigenvalue weighted by Gasteiger charge is -2.09. The minimum absolute atomic E-state index is 0.184. The molecule has 0 unspecified atom stereocenters. The first-order chi connectivity index (χ1) is 14.1. The molecule has 144 valence electrons. The fourth-order valence-corrected chi connectivity index (χ4v) is 2.89. The summed E-state index contributed by atoms with van der Waals surface area (Å²) < 4.78 is 5.48. The molecule has 3 aromatic heterocycles. The highest BCUT2D eigenvalue weighted by molar-refractivity contribution is 6.08. The Morgan fingerprint density at radius 2 is 1.79 bits per heavy atom. The zero-order valence-electron chi connectivity index (χ0n) is 14.9. The number of nitrogens with zero attached hydrogens (tertiary/aromatic N) is 3. The van der Waals surface area contributed by atoms with Crippen molar-refractivity contribution in [3.63, 3.8) is 0 Å². The SMILES string of the molecule is O=C(O)CNC(=O)c1nc(-c2cccnc2)c2onc(-c3ccccc3)c2c1O. The molecule has 0 radical (unpaired) electrons. The first-order valence-corrected chi connectivity index (χ1v) is 8.54. The number of aromatic hydroxyl groups is 1. The summed E-state index contributed by atoms with van der Waals surface area (Å²) in [6.07, 6.45) is 3.11. The van der Waals surface area contributed by atoms with Gasteiger partial charge in [-0.1, -0.05) is 35.5 Å². The Labute approximate surface area is 163 Å². The number of hydrogen-bond acceptors (Lipinski definition) is 7. The van der Waals surface area contributed by atoms with Gasteiger partial charge in [0.25, 0.3) is 5.91 Å². The molecule has 0 saturated heterocycles. The van der Waals surface area contributed by atoms with Crippen molar-refractivity contribution >= 4 is 22.8 Å². The number of nitrogens with one attached hydrogen (secondary N) is 1. The van der Waals surface area contributed by atoms with Gasteiger partial charge in [0, 0.05) is 23.5 Å². The van der Waals surface area contributed by atoms with Gasteiger partial charge in [-0.25, -0.2) is 4.98 Å². The van der Waals surface area contributed by atoms with Crippen LogP contribution in [-0.4, -0.2) is 43.8 Å². The van der Waals surface area contributed by atoms with Crippen molar-refractivity contribution in [2.24, 2.45) is 0 Å². The Hall–Kier alpha value is -4.27. The zero-order valence-corrected chi connectivity index (χ0v) is 14.9. The van der Waals surface area contributed by atoms with Gasteiger partial charge in [0.05, 0.1) is 5.39 Å².